The predicted octanol–water partition coefficient (Wildman–Crippen LogP) is 2.26. The van der Waals surface area contributed by atoms with E-state index in [1.165, 1.54) is 6.07 Å². The number of halogens is 1. The molecule has 0 spiro atoms. The van der Waals surface area contributed by atoms with Crippen LogP contribution in [-0.2, 0) is 4.74 Å². The van der Waals surface area contributed by atoms with E-state index < -0.39 is 6.10 Å². The van der Waals surface area contributed by atoms with E-state index in [4.69, 9.17) is 22.1 Å². The molecule has 0 aliphatic carbocycles. The minimum absolute atomic E-state index is 0.0819. The SMILES string of the molecule is C[C@@H](OC[C@H](O)CNc1cc(Cl)nc(N)n1)c1ccccc1. The van der Waals surface area contributed by atoms with E-state index in [1.54, 1.807) is 0 Å². The number of benzene rings is 1. The molecule has 0 amide bonds. The van der Waals surface area contributed by atoms with Crippen LogP contribution >= 0.6 is 11.6 Å². The normalized spacial score (nSPS) is 13.6. The molecule has 1 aromatic carbocycles. The van der Waals surface area contributed by atoms with Crippen LogP contribution in [0, 0.1) is 0 Å². The first-order chi connectivity index (χ1) is 10.5. The van der Waals surface area contributed by atoms with Crippen molar-refractivity contribution in [3.8, 4) is 0 Å². The first-order valence-corrected chi connectivity index (χ1v) is 7.31. The Bertz CT molecular complexity index is 577. The summed E-state index contributed by atoms with van der Waals surface area (Å²) in [5.41, 5.74) is 6.56. The third-order valence-corrected chi connectivity index (χ3v) is 3.23. The van der Waals surface area contributed by atoms with Crippen LogP contribution in [0.3, 0.4) is 0 Å². The fourth-order valence-corrected chi connectivity index (χ4v) is 2.07. The summed E-state index contributed by atoms with van der Waals surface area (Å²) in [6.45, 7) is 2.42. The van der Waals surface area contributed by atoms with Gasteiger partial charge in [0.15, 0.2) is 0 Å². The summed E-state index contributed by atoms with van der Waals surface area (Å²) < 4.78 is 5.65. The quantitative estimate of drug-likeness (QED) is 0.677. The zero-order valence-electron chi connectivity index (χ0n) is 12.2. The minimum Gasteiger partial charge on any atom is -0.389 e. The van der Waals surface area contributed by atoms with Crippen LogP contribution in [0.15, 0.2) is 36.4 Å². The molecule has 1 heterocycles. The maximum atomic E-state index is 9.95. The summed E-state index contributed by atoms with van der Waals surface area (Å²) in [5.74, 6) is 0.547. The minimum atomic E-state index is -0.680. The van der Waals surface area contributed by atoms with Gasteiger partial charge in [-0.05, 0) is 12.5 Å². The summed E-state index contributed by atoms with van der Waals surface area (Å²) in [6.07, 6.45) is -0.763. The van der Waals surface area contributed by atoms with Gasteiger partial charge in [-0.2, -0.15) is 4.98 Å². The van der Waals surface area contributed by atoms with Crippen LogP contribution in [0.1, 0.15) is 18.6 Å². The molecular weight excluding hydrogens is 304 g/mol. The number of aliphatic hydroxyl groups is 1. The van der Waals surface area contributed by atoms with Gasteiger partial charge in [0.1, 0.15) is 11.0 Å². The summed E-state index contributed by atoms with van der Waals surface area (Å²) in [5, 5.41) is 13.1. The molecule has 0 unspecified atom stereocenters. The third kappa shape index (κ3) is 5.14. The summed E-state index contributed by atoms with van der Waals surface area (Å²) in [4.78, 5) is 7.73. The number of aliphatic hydroxyl groups excluding tert-OH is 1. The number of ether oxygens (including phenoxy) is 1. The van der Waals surface area contributed by atoms with Crippen molar-refractivity contribution in [3.05, 3.63) is 47.1 Å². The van der Waals surface area contributed by atoms with Gasteiger partial charge in [0, 0.05) is 12.6 Å². The van der Waals surface area contributed by atoms with Crippen molar-refractivity contribution in [1.82, 2.24) is 9.97 Å². The first-order valence-electron chi connectivity index (χ1n) is 6.93. The lowest BCUT2D eigenvalue weighted by molar-refractivity contribution is 0.00241. The molecule has 0 saturated carbocycles. The van der Waals surface area contributed by atoms with Crippen LogP contribution in [0.25, 0.3) is 0 Å². The molecule has 0 aliphatic rings. The molecule has 0 fully saturated rings. The monoisotopic (exact) mass is 322 g/mol. The number of rotatable bonds is 7. The van der Waals surface area contributed by atoms with E-state index in [-0.39, 0.29) is 30.4 Å². The maximum Gasteiger partial charge on any atom is 0.223 e. The molecule has 2 aromatic rings. The average molecular weight is 323 g/mol. The summed E-state index contributed by atoms with van der Waals surface area (Å²) >= 11 is 5.78. The highest BCUT2D eigenvalue weighted by Crippen LogP contribution is 2.16. The third-order valence-electron chi connectivity index (χ3n) is 3.04. The molecule has 0 bridgehead atoms. The van der Waals surface area contributed by atoms with Gasteiger partial charge < -0.3 is 20.9 Å². The number of nitrogens with zero attached hydrogens (tertiary/aromatic N) is 2. The highest BCUT2D eigenvalue weighted by molar-refractivity contribution is 6.29. The summed E-state index contributed by atoms with van der Waals surface area (Å²) in [7, 11) is 0. The van der Waals surface area contributed by atoms with Crippen LogP contribution in [0.5, 0.6) is 0 Å². The Balaban J connectivity index is 1.77. The van der Waals surface area contributed by atoms with Crippen molar-refractivity contribution in [2.75, 3.05) is 24.2 Å². The van der Waals surface area contributed by atoms with Crippen molar-refractivity contribution in [2.45, 2.75) is 19.1 Å². The molecule has 22 heavy (non-hydrogen) atoms. The smallest absolute Gasteiger partial charge is 0.223 e. The van der Waals surface area contributed by atoms with Gasteiger partial charge in [0.25, 0.3) is 0 Å². The Labute approximate surface area is 134 Å². The van der Waals surface area contributed by atoms with E-state index in [2.05, 4.69) is 15.3 Å². The lowest BCUT2D eigenvalue weighted by atomic mass is 10.1. The van der Waals surface area contributed by atoms with E-state index in [0.717, 1.165) is 5.56 Å². The lowest BCUT2D eigenvalue weighted by Crippen LogP contribution is -2.26. The predicted molar refractivity (Wildman–Crippen MR) is 86.8 cm³/mol. The van der Waals surface area contributed by atoms with Crippen LogP contribution < -0.4 is 11.1 Å². The molecule has 2 atom stereocenters. The first kappa shape index (κ1) is 16.5. The van der Waals surface area contributed by atoms with Gasteiger partial charge in [0.2, 0.25) is 5.95 Å². The molecule has 0 saturated heterocycles. The zero-order valence-corrected chi connectivity index (χ0v) is 13.0. The van der Waals surface area contributed by atoms with Gasteiger partial charge >= 0.3 is 0 Å². The number of nitrogens with two attached hydrogens (primary N) is 1. The second-order valence-electron chi connectivity index (χ2n) is 4.86. The Kier molecular flexibility index (Phi) is 5.94. The largest absolute Gasteiger partial charge is 0.389 e. The molecule has 1 aromatic heterocycles. The average Bonchev–Trinajstić information content (AvgIpc) is 2.50. The van der Waals surface area contributed by atoms with Gasteiger partial charge in [-0.25, -0.2) is 4.98 Å². The van der Waals surface area contributed by atoms with Gasteiger partial charge in [-0.3, -0.25) is 0 Å². The van der Waals surface area contributed by atoms with Crippen LogP contribution in [0.4, 0.5) is 11.8 Å². The Morgan fingerprint density at radius 3 is 2.73 bits per heavy atom. The standard InChI is InChI=1S/C15H19ClN4O2/c1-10(11-5-3-2-4-6-11)22-9-12(21)8-18-14-7-13(16)19-15(17)20-14/h2-7,10,12,21H,8-9H2,1H3,(H3,17,18,19,20)/t10-,12-/m1/s1. The van der Waals surface area contributed by atoms with Crippen molar-refractivity contribution < 1.29 is 9.84 Å². The van der Waals surface area contributed by atoms with Crippen molar-refractivity contribution in [3.63, 3.8) is 0 Å². The topological polar surface area (TPSA) is 93.3 Å². The fourth-order valence-electron chi connectivity index (χ4n) is 1.88. The second kappa shape index (κ2) is 7.93. The van der Waals surface area contributed by atoms with E-state index in [0.29, 0.717) is 5.82 Å². The van der Waals surface area contributed by atoms with Gasteiger partial charge in [-0.1, -0.05) is 41.9 Å². The zero-order chi connectivity index (χ0) is 15.9. The molecule has 7 heteroatoms. The molecular formula is C15H19ClN4O2. The Hall–Kier alpha value is -1.89. The Morgan fingerprint density at radius 1 is 1.32 bits per heavy atom. The number of hydrogen-bond donors (Lipinski definition) is 3. The van der Waals surface area contributed by atoms with E-state index in [9.17, 15) is 5.11 Å². The van der Waals surface area contributed by atoms with Gasteiger partial charge in [0.05, 0.1) is 18.8 Å². The lowest BCUT2D eigenvalue weighted by Gasteiger charge is -2.17. The van der Waals surface area contributed by atoms with Crippen molar-refractivity contribution in [2.24, 2.45) is 0 Å². The van der Waals surface area contributed by atoms with Crippen LogP contribution in [0.2, 0.25) is 5.15 Å². The maximum absolute atomic E-state index is 9.95. The highest BCUT2D eigenvalue weighted by atomic mass is 35.5. The molecule has 0 aliphatic heterocycles. The molecule has 4 N–H and O–H groups in total. The van der Waals surface area contributed by atoms with Crippen molar-refractivity contribution in [1.29, 1.82) is 0 Å². The van der Waals surface area contributed by atoms with Crippen LogP contribution in [-0.4, -0.2) is 34.3 Å². The second-order valence-corrected chi connectivity index (χ2v) is 5.24. The number of nitrogens with one attached hydrogen (secondary N) is 1. The molecule has 2 rings (SSSR count). The van der Waals surface area contributed by atoms with E-state index >= 15 is 0 Å². The number of aromatic nitrogens is 2. The van der Waals surface area contributed by atoms with Crippen molar-refractivity contribution >= 4 is 23.4 Å². The summed E-state index contributed by atoms with van der Waals surface area (Å²) in [6, 6.07) is 11.4. The highest BCUT2D eigenvalue weighted by Gasteiger charge is 2.10. The number of anilines is 2. The van der Waals surface area contributed by atoms with Gasteiger partial charge in [-0.15, -0.1) is 0 Å². The molecule has 118 valence electrons. The number of hydrogen-bond acceptors (Lipinski definition) is 6. The fraction of sp³-hybridized carbons (Fsp3) is 0.333. The molecule has 6 nitrogen and oxygen atoms in total. The number of nitrogen functional groups attached to an aromatic ring is 1. The van der Waals surface area contributed by atoms with E-state index in [1.807, 2.05) is 37.3 Å². The molecule has 0 radical (unpaired) electrons. The Morgan fingerprint density at radius 2 is 2.05 bits per heavy atom.